The zero-order valence-electron chi connectivity index (χ0n) is 52.4. The van der Waals surface area contributed by atoms with Crippen LogP contribution < -0.4 is 59.4 Å². The molecule has 0 unspecified atom stereocenters. The van der Waals surface area contributed by atoms with Gasteiger partial charge in [0.25, 0.3) is 0 Å². The molecule has 0 bridgehead atoms. The van der Waals surface area contributed by atoms with Crippen LogP contribution in [0.4, 0.5) is 11.6 Å². The third-order valence-electron chi connectivity index (χ3n) is 19.1. The molecule has 0 saturated carbocycles. The fourth-order valence-corrected chi connectivity index (χ4v) is 18.6. The number of fused-ring (bicyclic) bond motifs is 9. The van der Waals surface area contributed by atoms with E-state index in [0.717, 1.165) is 96.9 Å². The van der Waals surface area contributed by atoms with Gasteiger partial charge in [-0.3, -0.25) is 4.57 Å². The second-order valence-corrected chi connectivity index (χ2v) is 27.5. The second kappa shape index (κ2) is 23.8. The van der Waals surface area contributed by atoms with Crippen LogP contribution in [0.1, 0.15) is 0 Å². The number of para-hydroxylation sites is 2. The number of rotatable bonds is 11. The number of hydrogen-bond donors (Lipinski definition) is 0. The molecular formula is C81H47B9N6S. The van der Waals surface area contributed by atoms with Crippen LogP contribution in [0.5, 0.6) is 0 Å². The highest BCUT2D eigenvalue weighted by atomic mass is 32.3. The summed E-state index contributed by atoms with van der Waals surface area (Å²) in [6.45, 7) is -0.366. The molecule has 434 valence electrons. The number of hydrogen-bond acceptors (Lipinski definition) is 4. The molecule has 0 N–H and O–H groups in total. The molecular weight excluding hydrogens is 1190 g/mol. The largest absolute Gasteiger partial charge is 0.345 e. The Morgan fingerprint density at radius 1 is 0.309 bits per heavy atom. The van der Waals surface area contributed by atoms with E-state index in [-0.39, 0.29) is 50.6 Å². The molecule has 4 heterocycles. The first-order chi connectivity index (χ1) is 47.5. The van der Waals surface area contributed by atoms with Crippen molar-refractivity contribution in [3.63, 3.8) is 0 Å². The molecule has 1 aliphatic rings. The molecule has 16 radical (unpaired) electrons. The summed E-state index contributed by atoms with van der Waals surface area (Å²) in [6.07, 6.45) is 0. The van der Waals surface area contributed by atoms with Crippen molar-refractivity contribution in [3.05, 3.63) is 285 Å². The van der Waals surface area contributed by atoms with Crippen LogP contribution in [0, 0.1) is 0 Å². The lowest BCUT2D eigenvalue weighted by Crippen LogP contribution is -2.57. The van der Waals surface area contributed by atoms with E-state index in [0.29, 0.717) is 45.2 Å². The molecule has 6 nitrogen and oxygen atoms in total. The lowest BCUT2D eigenvalue weighted by atomic mass is 9.46. The Morgan fingerprint density at radius 3 is 1.37 bits per heavy atom. The van der Waals surface area contributed by atoms with Gasteiger partial charge in [0.2, 0.25) is 11.9 Å². The Balaban J connectivity index is 0.949. The first kappa shape index (κ1) is 59.9. The fourth-order valence-electron chi connectivity index (χ4n) is 14.6. The van der Waals surface area contributed by atoms with Crippen molar-refractivity contribution in [1.29, 1.82) is 0 Å². The quantitative estimate of drug-likeness (QED) is 0.121. The molecule has 97 heavy (non-hydrogen) atoms. The van der Waals surface area contributed by atoms with Gasteiger partial charge in [0.05, 0.1) is 11.0 Å². The third-order valence-corrected chi connectivity index (χ3v) is 23.0. The lowest BCUT2D eigenvalue weighted by molar-refractivity contribution is 0.939. The Hall–Kier alpha value is -10.8. The first-order valence-corrected chi connectivity index (χ1v) is 33.6. The van der Waals surface area contributed by atoms with E-state index in [2.05, 4.69) is 276 Å². The van der Waals surface area contributed by atoms with E-state index in [1.54, 1.807) is 0 Å². The van der Waals surface area contributed by atoms with Crippen molar-refractivity contribution in [1.82, 2.24) is 24.1 Å². The highest BCUT2D eigenvalue weighted by molar-refractivity contribution is 8.34. The van der Waals surface area contributed by atoms with Crippen molar-refractivity contribution in [2.75, 3.05) is 4.81 Å². The molecule has 0 fully saturated rings. The van der Waals surface area contributed by atoms with E-state index >= 15 is 0 Å². The van der Waals surface area contributed by atoms with Crippen molar-refractivity contribution in [2.45, 2.75) is 19.6 Å². The standard InChI is InChI=1S/C81H47B9N6S/c82-69-67-68-70(83)72(85)74(87)76(89)78(68)94(77(67)75(88)73(86)71(69)84)54-42-43-65-62(47-54)61-38-14-17-40-64(61)95(65)80-91-79(92-81(93-80)96-66-41-18-15-37-60(66)59-36-13-16-39-63(59)90(96)53-29-9-3-10-30-53)52-28-21-35-58(46-52)97(55-31-11-4-12-32-55,56-33-19-26-50(44-56)48-22-5-1-6-23-48)57-34-20-27-51(45-57)49-24-7-2-8-25-49/h1-47H. The Labute approximate surface area is 575 Å². The number of aromatic nitrogens is 5. The van der Waals surface area contributed by atoms with Gasteiger partial charge in [-0.15, -0.1) is 31.9 Å². The molecule has 0 saturated heterocycles. The zero-order chi connectivity index (χ0) is 65.8. The Morgan fingerprint density at radius 2 is 0.763 bits per heavy atom. The van der Waals surface area contributed by atoms with E-state index in [1.165, 1.54) is 0 Å². The smallest absolute Gasteiger partial charge is 0.331 e. The van der Waals surface area contributed by atoms with E-state index in [4.69, 9.17) is 77.7 Å². The van der Waals surface area contributed by atoms with Crippen LogP contribution in [0.15, 0.2) is 305 Å². The molecule has 16 aromatic rings. The van der Waals surface area contributed by atoms with E-state index in [9.17, 15) is 0 Å². The van der Waals surface area contributed by atoms with Gasteiger partial charge in [-0.2, -0.15) is 15.0 Å². The van der Waals surface area contributed by atoms with Gasteiger partial charge < -0.3 is 9.38 Å². The van der Waals surface area contributed by atoms with Gasteiger partial charge in [0.1, 0.15) is 62.8 Å². The molecule has 0 atom stereocenters. The van der Waals surface area contributed by atoms with Gasteiger partial charge in [-0.25, -0.2) is 0 Å². The van der Waals surface area contributed by atoms with Crippen LogP contribution in [0.3, 0.4) is 0 Å². The van der Waals surface area contributed by atoms with Crippen LogP contribution in [-0.4, -0.2) is 93.7 Å². The Kier molecular flexibility index (Phi) is 14.7. The highest BCUT2D eigenvalue weighted by Gasteiger charge is 2.40. The van der Waals surface area contributed by atoms with Gasteiger partial charge in [0, 0.05) is 63.9 Å². The molecule has 16 heteroatoms. The zero-order valence-corrected chi connectivity index (χ0v) is 53.2. The van der Waals surface area contributed by atoms with Crippen LogP contribution in [0.2, 0.25) is 0 Å². The maximum atomic E-state index is 7.01. The van der Waals surface area contributed by atoms with Gasteiger partial charge in [-0.1, -0.05) is 234 Å². The molecule has 13 aromatic carbocycles. The molecule has 0 spiro atoms. The van der Waals surface area contributed by atoms with Crippen LogP contribution >= 0.6 is 10.0 Å². The summed E-state index contributed by atoms with van der Waals surface area (Å²) in [7, 11) is 52.0. The average molecular weight is 1230 g/mol. The highest BCUT2D eigenvalue weighted by Crippen LogP contribution is 2.74. The van der Waals surface area contributed by atoms with E-state index < -0.39 is 10.0 Å². The molecule has 3 aromatic heterocycles. The Bertz CT molecular complexity index is 5690. The normalized spacial score (nSPS) is 12.4. The monoisotopic (exact) mass is 1230 g/mol. The number of nitrogens with zero attached hydrogens (tertiary/aromatic N) is 6. The SMILES string of the molecule is [B]c1c([B])c([B])c2c(c1[B])c1c([B])c([B])c([B])c([B])c1n2-c1ccc2c(c1)c1ccccc1n2-c1nc(-c2cccc(S(c3ccccc3)(c3cccc(-c4ccccc4)c3)c3cccc(-c4ccccc4)c3)c2)nc(N2B(c3ccccc3)c3ccccc3-c3ccccc32)n1. The van der Waals surface area contributed by atoms with Crippen molar-refractivity contribution in [3.8, 4) is 56.4 Å². The van der Waals surface area contributed by atoms with Crippen molar-refractivity contribution < 1.29 is 0 Å². The van der Waals surface area contributed by atoms with Gasteiger partial charge in [0.15, 0.2) is 5.82 Å². The molecule has 1 aliphatic heterocycles. The minimum Gasteiger partial charge on any atom is -0.345 e. The molecule has 0 aliphatic carbocycles. The van der Waals surface area contributed by atoms with Crippen LogP contribution in [0.25, 0.3) is 100 Å². The van der Waals surface area contributed by atoms with Gasteiger partial charge >= 0.3 is 6.85 Å². The topological polar surface area (TPSA) is 51.8 Å². The molecule has 0 amide bonds. The third kappa shape index (κ3) is 9.50. The summed E-state index contributed by atoms with van der Waals surface area (Å²) in [5.41, 5.74) is 15.0. The summed E-state index contributed by atoms with van der Waals surface area (Å²) >= 11 is 0. The fraction of sp³-hybridized carbons (Fsp3) is 0. The first-order valence-electron chi connectivity index (χ1n) is 31.9. The minimum absolute atomic E-state index is 0.116. The average Bonchev–Trinajstić information content (AvgIpc) is 1.51. The lowest BCUT2D eigenvalue weighted by Gasteiger charge is -2.42. The predicted octanol–water partition coefficient (Wildman–Crippen LogP) is 9.68. The van der Waals surface area contributed by atoms with E-state index in [1.807, 2.05) is 22.8 Å². The number of benzene rings is 13. The number of anilines is 2. The van der Waals surface area contributed by atoms with Crippen LogP contribution in [-0.2, 0) is 0 Å². The van der Waals surface area contributed by atoms with Crippen molar-refractivity contribution >= 4 is 190 Å². The van der Waals surface area contributed by atoms with Gasteiger partial charge in [-0.05, 0) is 123 Å². The summed E-state index contributed by atoms with van der Waals surface area (Å²) < 4.78 is 4.02. The minimum atomic E-state index is -2.38. The summed E-state index contributed by atoms with van der Waals surface area (Å²) in [5.74, 6) is 1.29. The predicted molar refractivity (Wildman–Crippen MR) is 413 cm³/mol. The second-order valence-electron chi connectivity index (χ2n) is 24.4. The summed E-state index contributed by atoms with van der Waals surface area (Å²) in [5, 5.41) is 2.66. The summed E-state index contributed by atoms with van der Waals surface area (Å²) in [6, 6.07) is 101. The van der Waals surface area contributed by atoms with Crippen molar-refractivity contribution in [2.24, 2.45) is 0 Å². The maximum Gasteiger partial charge on any atom is 0.331 e. The summed E-state index contributed by atoms with van der Waals surface area (Å²) in [4.78, 5) is 24.1. The maximum absolute atomic E-state index is 7.01. The molecule has 17 rings (SSSR count).